The standard InChI is InChI=1S/C33H26F2N4O5/c1-18(40)37-25-8-6-20(7-9-25)17-36-26-10-11-28-29(16-26)39-33(38-28)30(32(43)22-12-23(34)15-24(35)13-22)31(42)21-4-3-5-27(14-21)44-19(2)41/h3-16,30,36H,17H2,1-2H3,(H,37,40)(H,38,39). The number of fused-ring (bicyclic) bond motifs is 1. The molecule has 3 N–H and O–H groups in total. The van der Waals surface area contributed by atoms with Crippen molar-refractivity contribution in [1.29, 1.82) is 0 Å². The van der Waals surface area contributed by atoms with Gasteiger partial charge in [-0.2, -0.15) is 0 Å². The molecule has 1 unspecified atom stereocenters. The Kier molecular flexibility index (Phi) is 8.56. The molecule has 11 heteroatoms. The van der Waals surface area contributed by atoms with Crippen molar-refractivity contribution >= 4 is 45.9 Å². The third-order valence-corrected chi connectivity index (χ3v) is 6.60. The van der Waals surface area contributed by atoms with Gasteiger partial charge in [0.2, 0.25) is 5.91 Å². The molecule has 1 aromatic heterocycles. The summed E-state index contributed by atoms with van der Waals surface area (Å²) in [6, 6.07) is 20.6. The summed E-state index contributed by atoms with van der Waals surface area (Å²) in [5.41, 5.74) is 3.01. The highest BCUT2D eigenvalue weighted by Gasteiger charge is 2.34. The number of carbonyl (C=O) groups is 4. The number of rotatable bonds is 10. The molecule has 0 fully saturated rings. The zero-order valence-corrected chi connectivity index (χ0v) is 23.6. The van der Waals surface area contributed by atoms with E-state index >= 15 is 0 Å². The second-order valence-corrected chi connectivity index (χ2v) is 10.0. The van der Waals surface area contributed by atoms with E-state index in [2.05, 4.69) is 20.6 Å². The summed E-state index contributed by atoms with van der Waals surface area (Å²) < 4.78 is 33.2. The molecule has 0 spiro atoms. The number of benzene rings is 4. The summed E-state index contributed by atoms with van der Waals surface area (Å²) in [5, 5.41) is 6.00. The van der Waals surface area contributed by atoms with E-state index in [1.807, 2.05) is 12.1 Å². The molecule has 44 heavy (non-hydrogen) atoms. The molecule has 9 nitrogen and oxygen atoms in total. The molecule has 0 radical (unpaired) electrons. The molecule has 5 rings (SSSR count). The Hall–Kier alpha value is -5.71. The third-order valence-electron chi connectivity index (χ3n) is 6.60. The molecule has 0 saturated carbocycles. The van der Waals surface area contributed by atoms with E-state index in [0.717, 1.165) is 17.7 Å². The van der Waals surface area contributed by atoms with Crippen molar-refractivity contribution in [3.05, 3.63) is 119 Å². The van der Waals surface area contributed by atoms with Crippen molar-refractivity contribution in [3.63, 3.8) is 0 Å². The van der Waals surface area contributed by atoms with E-state index in [9.17, 15) is 28.0 Å². The number of hydrogen-bond acceptors (Lipinski definition) is 7. The molecule has 1 amide bonds. The average molecular weight is 597 g/mol. The normalized spacial score (nSPS) is 11.5. The topological polar surface area (TPSA) is 130 Å². The van der Waals surface area contributed by atoms with Crippen molar-refractivity contribution in [3.8, 4) is 5.75 Å². The number of imidazole rings is 1. The van der Waals surface area contributed by atoms with Gasteiger partial charge in [0.25, 0.3) is 0 Å². The van der Waals surface area contributed by atoms with Gasteiger partial charge in [-0.3, -0.25) is 19.2 Å². The van der Waals surface area contributed by atoms with Gasteiger partial charge in [-0.15, -0.1) is 0 Å². The largest absolute Gasteiger partial charge is 0.427 e. The number of H-pyrrole nitrogens is 1. The van der Waals surface area contributed by atoms with Crippen molar-refractivity contribution in [2.24, 2.45) is 0 Å². The Balaban J connectivity index is 1.46. The summed E-state index contributed by atoms with van der Waals surface area (Å²) >= 11 is 0. The van der Waals surface area contributed by atoms with E-state index in [-0.39, 0.29) is 28.6 Å². The lowest BCUT2D eigenvalue weighted by Gasteiger charge is -2.14. The van der Waals surface area contributed by atoms with Gasteiger partial charge in [-0.05, 0) is 60.2 Å². The number of nitrogens with one attached hydrogen (secondary N) is 3. The van der Waals surface area contributed by atoms with Gasteiger partial charge in [0, 0.05) is 49.0 Å². The van der Waals surface area contributed by atoms with Crippen LogP contribution in [0.15, 0.2) is 84.9 Å². The number of hydrogen-bond donors (Lipinski definition) is 3. The minimum atomic E-state index is -1.59. The molecule has 5 aromatic rings. The quantitative estimate of drug-likeness (QED) is 0.0759. The highest BCUT2D eigenvalue weighted by Crippen LogP contribution is 2.29. The molecule has 222 valence electrons. The van der Waals surface area contributed by atoms with Crippen LogP contribution in [0.25, 0.3) is 11.0 Å². The molecule has 1 atom stereocenters. The Morgan fingerprint density at radius 2 is 1.50 bits per heavy atom. The average Bonchev–Trinajstić information content (AvgIpc) is 3.38. The lowest BCUT2D eigenvalue weighted by atomic mass is 9.89. The Bertz CT molecular complexity index is 1880. The number of ether oxygens (including phenoxy) is 1. The predicted octanol–water partition coefficient (Wildman–Crippen LogP) is 6.19. The molecule has 0 aliphatic carbocycles. The molecule has 1 heterocycles. The van der Waals surface area contributed by atoms with Crippen LogP contribution >= 0.6 is 0 Å². The van der Waals surface area contributed by atoms with E-state index in [0.29, 0.717) is 35.0 Å². The number of nitrogens with zero attached hydrogens (tertiary/aromatic N) is 1. The third kappa shape index (κ3) is 7.01. The van der Waals surface area contributed by atoms with Crippen LogP contribution in [0.2, 0.25) is 0 Å². The van der Waals surface area contributed by atoms with E-state index in [1.54, 1.807) is 30.3 Å². The number of ketones is 2. The summed E-state index contributed by atoms with van der Waals surface area (Å²) in [6.07, 6.45) is 0. The number of aromatic nitrogens is 2. The predicted molar refractivity (Wildman–Crippen MR) is 160 cm³/mol. The minimum Gasteiger partial charge on any atom is -0.427 e. The SMILES string of the molecule is CC(=O)Nc1ccc(CNc2ccc3nc(C(C(=O)c4cc(F)cc(F)c4)C(=O)c4cccc(OC(C)=O)c4)[nH]c3c2)cc1. The van der Waals surface area contributed by atoms with Gasteiger partial charge in [0.05, 0.1) is 11.0 Å². The molecular formula is C33H26F2N4O5. The maximum Gasteiger partial charge on any atom is 0.308 e. The maximum absolute atomic E-state index is 14.1. The monoisotopic (exact) mass is 596 g/mol. The number of halogens is 2. The van der Waals surface area contributed by atoms with Crippen molar-refractivity contribution in [2.45, 2.75) is 26.3 Å². The summed E-state index contributed by atoms with van der Waals surface area (Å²) in [5.74, 6) is -5.80. The summed E-state index contributed by atoms with van der Waals surface area (Å²) in [7, 11) is 0. The van der Waals surface area contributed by atoms with Crippen molar-refractivity contribution in [1.82, 2.24) is 9.97 Å². The van der Waals surface area contributed by atoms with Crippen LogP contribution in [-0.4, -0.2) is 33.4 Å². The first kappa shape index (κ1) is 29.8. The van der Waals surface area contributed by atoms with Gasteiger partial charge in [0.1, 0.15) is 29.1 Å². The van der Waals surface area contributed by atoms with E-state index < -0.39 is 35.1 Å². The second-order valence-electron chi connectivity index (χ2n) is 10.0. The molecule has 0 bridgehead atoms. The number of esters is 1. The highest BCUT2D eigenvalue weighted by molar-refractivity contribution is 6.20. The molecular weight excluding hydrogens is 570 g/mol. The summed E-state index contributed by atoms with van der Waals surface area (Å²) in [4.78, 5) is 57.7. The van der Waals surface area contributed by atoms with Crippen LogP contribution in [0.1, 0.15) is 51.9 Å². The number of aromatic amines is 1. The maximum atomic E-state index is 14.1. The second kappa shape index (κ2) is 12.7. The van der Waals surface area contributed by atoms with Crippen LogP contribution in [0, 0.1) is 11.6 Å². The zero-order chi connectivity index (χ0) is 31.4. The van der Waals surface area contributed by atoms with Gasteiger partial charge in [0.15, 0.2) is 11.6 Å². The van der Waals surface area contributed by atoms with Gasteiger partial charge in [-0.25, -0.2) is 13.8 Å². The Labute approximate surface area is 250 Å². The Morgan fingerprint density at radius 1 is 0.818 bits per heavy atom. The first-order chi connectivity index (χ1) is 21.0. The lowest BCUT2D eigenvalue weighted by Crippen LogP contribution is -2.24. The number of Topliss-reactive ketones (excluding diaryl/α,β-unsaturated/α-hetero) is 2. The molecule has 0 aliphatic heterocycles. The van der Waals surface area contributed by atoms with Crippen LogP contribution in [0.3, 0.4) is 0 Å². The first-order valence-corrected chi connectivity index (χ1v) is 13.5. The number of amides is 1. The number of anilines is 2. The smallest absolute Gasteiger partial charge is 0.308 e. The zero-order valence-electron chi connectivity index (χ0n) is 23.6. The van der Waals surface area contributed by atoms with E-state index in [1.165, 1.54) is 38.1 Å². The number of carbonyl (C=O) groups excluding carboxylic acids is 4. The minimum absolute atomic E-state index is 0.0248. The summed E-state index contributed by atoms with van der Waals surface area (Å²) in [6.45, 7) is 3.11. The fourth-order valence-electron chi connectivity index (χ4n) is 4.67. The van der Waals surface area contributed by atoms with Gasteiger partial charge < -0.3 is 20.4 Å². The highest BCUT2D eigenvalue weighted by atomic mass is 19.1. The van der Waals surface area contributed by atoms with Gasteiger partial charge in [-0.1, -0.05) is 24.3 Å². The fraction of sp³-hybridized carbons (Fsp3) is 0.121. The first-order valence-electron chi connectivity index (χ1n) is 13.5. The van der Waals surface area contributed by atoms with Crippen molar-refractivity contribution < 1.29 is 32.7 Å². The van der Waals surface area contributed by atoms with E-state index in [4.69, 9.17) is 4.74 Å². The van der Waals surface area contributed by atoms with Crippen LogP contribution in [-0.2, 0) is 16.1 Å². The Morgan fingerprint density at radius 3 is 2.18 bits per heavy atom. The van der Waals surface area contributed by atoms with Crippen LogP contribution in [0.5, 0.6) is 5.75 Å². The molecule has 4 aromatic carbocycles. The van der Waals surface area contributed by atoms with Gasteiger partial charge >= 0.3 is 5.97 Å². The van der Waals surface area contributed by atoms with Crippen LogP contribution < -0.4 is 15.4 Å². The lowest BCUT2D eigenvalue weighted by molar-refractivity contribution is -0.131. The van der Waals surface area contributed by atoms with Crippen molar-refractivity contribution in [2.75, 3.05) is 10.6 Å². The molecule has 0 aliphatic rings. The van der Waals surface area contributed by atoms with Crippen LogP contribution in [0.4, 0.5) is 20.2 Å². The molecule has 0 saturated heterocycles. The fourth-order valence-corrected chi connectivity index (χ4v) is 4.67.